The molecule has 25 heavy (non-hydrogen) atoms. The zero-order valence-electron chi connectivity index (χ0n) is 13.5. The third kappa shape index (κ3) is 3.09. The molecule has 0 saturated carbocycles. The molecule has 0 bridgehead atoms. The molecule has 0 spiro atoms. The second-order valence-electron chi connectivity index (χ2n) is 5.79. The fourth-order valence-corrected chi connectivity index (χ4v) is 3.12. The van der Waals surface area contributed by atoms with Crippen LogP contribution in [0.2, 0.25) is 0 Å². The Morgan fingerprint density at radius 3 is 2.20 bits per heavy atom. The summed E-state index contributed by atoms with van der Waals surface area (Å²) in [6.45, 7) is 1.94. The van der Waals surface area contributed by atoms with Crippen molar-refractivity contribution >= 4 is 16.7 Å². The smallest absolute Gasteiger partial charge is 0.366 e. The first-order valence-electron chi connectivity index (χ1n) is 7.85. The molecule has 2 N–H and O–H groups in total. The number of alkyl halides is 3. The van der Waals surface area contributed by atoms with Crippen molar-refractivity contribution in [2.75, 3.05) is 0 Å². The molecular formula is C20H16F3NO. The number of rotatable bonds is 3. The topological polar surface area (TPSA) is 43.1 Å². The summed E-state index contributed by atoms with van der Waals surface area (Å²) in [7, 11) is 0. The Kier molecular flexibility index (Phi) is 4.25. The number of benzene rings is 3. The molecule has 2 nitrogen and oxygen atoms in total. The highest BCUT2D eigenvalue weighted by molar-refractivity contribution is 6.04. The number of carbonyl (C=O) groups is 1. The van der Waals surface area contributed by atoms with E-state index >= 15 is 0 Å². The minimum atomic E-state index is -4.36. The average Bonchev–Trinajstić information content (AvgIpc) is 2.59. The van der Waals surface area contributed by atoms with Crippen LogP contribution in [0, 0.1) is 0 Å². The number of hydrogen-bond donors (Lipinski definition) is 1. The predicted octanol–water partition coefficient (Wildman–Crippen LogP) is 5.19. The quantitative estimate of drug-likeness (QED) is 0.699. The number of fused-ring (bicyclic) bond motifs is 1. The van der Waals surface area contributed by atoms with Gasteiger partial charge in [0.1, 0.15) is 0 Å². The van der Waals surface area contributed by atoms with Crippen LogP contribution in [0.3, 0.4) is 0 Å². The molecule has 0 unspecified atom stereocenters. The molecule has 0 aliphatic heterocycles. The molecule has 3 aromatic rings. The van der Waals surface area contributed by atoms with Crippen LogP contribution in [0.1, 0.15) is 28.4 Å². The van der Waals surface area contributed by atoms with Gasteiger partial charge in [0.05, 0.1) is 5.56 Å². The third-order valence-electron chi connectivity index (χ3n) is 4.32. The van der Waals surface area contributed by atoms with E-state index in [-0.39, 0.29) is 0 Å². The number of nitrogens with two attached hydrogens (primary N) is 1. The molecule has 0 aromatic heterocycles. The standard InChI is InChI=1S/C20H16F3NO/c1-2-14-16-5-3-4-15(17(16)10-11-18(14)19(24)25)12-6-8-13(9-7-12)20(21,22)23/h3-11H,2H2,1H3,(H2,24,25). The Morgan fingerprint density at radius 1 is 0.960 bits per heavy atom. The first-order valence-corrected chi connectivity index (χ1v) is 7.85. The van der Waals surface area contributed by atoms with Gasteiger partial charge in [-0.05, 0) is 52.1 Å². The maximum Gasteiger partial charge on any atom is 0.416 e. The van der Waals surface area contributed by atoms with E-state index in [9.17, 15) is 18.0 Å². The molecule has 0 heterocycles. The number of primary amides is 1. The van der Waals surface area contributed by atoms with Gasteiger partial charge in [0.25, 0.3) is 0 Å². The summed E-state index contributed by atoms with van der Waals surface area (Å²) in [5.41, 5.74) is 7.59. The largest absolute Gasteiger partial charge is 0.416 e. The average molecular weight is 343 g/mol. The summed E-state index contributed by atoms with van der Waals surface area (Å²) in [6, 6.07) is 14.1. The highest BCUT2D eigenvalue weighted by atomic mass is 19.4. The Labute approximate surface area is 143 Å². The van der Waals surface area contributed by atoms with Crippen LogP contribution in [0.25, 0.3) is 21.9 Å². The van der Waals surface area contributed by atoms with Gasteiger partial charge in [0, 0.05) is 5.56 Å². The first-order chi connectivity index (χ1) is 11.8. The molecule has 0 aliphatic rings. The monoisotopic (exact) mass is 343 g/mol. The SMILES string of the molecule is CCc1c(C(N)=O)ccc2c(-c3ccc(C(F)(F)F)cc3)cccc12. The van der Waals surface area contributed by atoms with Gasteiger partial charge in [-0.15, -0.1) is 0 Å². The van der Waals surface area contributed by atoms with Crippen LogP contribution in [-0.4, -0.2) is 5.91 Å². The lowest BCUT2D eigenvalue weighted by Crippen LogP contribution is -2.13. The molecular weight excluding hydrogens is 327 g/mol. The Hall–Kier alpha value is -2.82. The van der Waals surface area contributed by atoms with Crippen molar-refractivity contribution in [2.45, 2.75) is 19.5 Å². The number of carbonyl (C=O) groups excluding carboxylic acids is 1. The summed E-state index contributed by atoms with van der Waals surface area (Å²) < 4.78 is 38.3. The maximum absolute atomic E-state index is 12.8. The van der Waals surface area contributed by atoms with Crippen molar-refractivity contribution < 1.29 is 18.0 Å². The molecule has 0 aliphatic carbocycles. The van der Waals surface area contributed by atoms with Crippen molar-refractivity contribution in [3.05, 3.63) is 71.3 Å². The fourth-order valence-electron chi connectivity index (χ4n) is 3.12. The molecule has 0 atom stereocenters. The summed E-state index contributed by atoms with van der Waals surface area (Å²) in [5.74, 6) is -0.487. The number of hydrogen-bond acceptors (Lipinski definition) is 1. The van der Waals surface area contributed by atoms with Crippen molar-refractivity contribution in [3.63, 3.8) is 0 Å². The van der Waals surface area contributed by atoms with Gasteiger partial charge in [0.2, 0.25) is 5.91 Å². The van der Waals surface area contributed by atoms with Crippen LogP contribution >= 0.6 is 0 Å². The van der Waals surface area contributed by atoms with Gasteiger partial charge >= 0.3 is 6.18 Å². The highest BCUT2D eigenvalue weighted by Crippen LogP contribution is 2.34. The normalized spacial score (nSPS) is 11.7. The van der Waals surface area contributed by atoms with Gasteiger partial charge < -0.3 is 5.73 Å². The van der Waals surface area contributed by atoms with Crippen LogP contribution in [0.4, 0.5) is 13.2 Å². The third-order valence-corrected chi connectivity index (χ3v) is 4.32. The number of aryl methyl sites for hydroxylation is 1. The molecule has 1 amide bonds. The molecule has 5 heteroatoms. The maximum atomic E-state index is 12.8. The number of halogens is 3. The summed E-state index contributed by atoms with van der Waals surface area (Å²) in [4.78, 5) is 11.6. The Balaban J connectivity index is 2.19. The van der Waals surface area contributed by atoms with Gasteiger partial charge in [-0.3, -0.25) is 4.79 Å². The second-order valence-corrected chi connectivity index (χ2v) is 5.79. The van der Waals surface area contributed by atoms with Crippen LogP contribution in [-0.2, 0) is 12.6 Å². The summed E-state index contributed by atoms with van der Waals surface area (Å²) in [6.07, 6.45) is -3.73. The fraction of sp³-hybridized carbons (Fsp3) is 0.150. The van der Waals surface area contributed by atoms with Crippen LogP contribution in [0.5, 0.6) is 0 Å². The second kappa shape index (κ2) is 6.24. The van der Waals surface area contributed by atoms with E-state index in [4.69, 9.17) is 5.73 Å². The van der Waals surface area contributed by atoms with E-state index in [0.29, 0.717) is 17.5 Å². The minimum absolute atomic E-state index is 0.472. The van der Waals surface area contributed by atoms with E-state index in [1.807, 2.05) is 25.1 Å². The lowest BCUT2D eigenvalue weighted by molar-refractivity contribution is -0.137. The summed E-state index contributed by atoms with van der Waals surface area (Å²) >= 11 is 0. The van der Waals surface area contributed by atoms with E-state index < -0.39 is 17.6 Å². The zero-order chi connectivity index (χ0) is 18.2. The van der Waals surface area contributed by atoms with Crippen LogP contribution < -0.4 is 5.73 Å². The van der Waals surface area contributed by atoms with Gasteiger partial charge in [-0.1, -0.05) is 43.3 Å². The van der Waals surface area contributed by atoms with E-state index in [1.165, 1.54) is 12.1 Å². The first kappa shape index (κ1) is 17.0. The van der Waals surface area contributed by atoms with Crippen molar-refractivity contribution in [1.29, 1.82) is 0 Å². The highest BCUT2D eigenvalue weighted by Gasteiger charge is 2.30. The lowest BCUT2D eigenvalue weighted by Gasteiger charge is -2.13. The van der Waals surface area contributed by atoms with E-state index in [1.54, 1.807) is 12.1 Å². The molecule has 0 radical (unpaired) electrons. The van der Waals surface area contributed by atoms with E-state index in [0.717, 1.165) is 34.0 Å². The molecule has 0 saturated heterocycles. The molecule has 0 fully saturated rings. The van der Waals surface area contributed by atoms with E-state index in [2.05, 4.69) is 0 Å². The van der Waals surface area contributed by atoms with Gasteiger partial charge in [-0.25, -0.2) is 0 Å². The lowest BCUT2D eigenvalue weighted by atomic mass is 9.91. The number of amides is 1. The molecule has 3 rings (SSSR count). The predicted molar refractivity (Wildman–Crippen MR) is 92.3 cm³/mol. The Morgan fingerprint density at radius 2 is 1.64 bits per heavy atom. The van der Waals surface area contributed by atoms with Crippen molar-refractivity contribution in [3.8, 4) is 11.1 Å². The van der Waals surface area contributed by atoms with Crippen molar-refractivity contribution in [1.82, 2.24) is 0 Å². The molecule has 3 aromatic carbocycles. The van der Waals surface area contributed by atoms with Gasteiger partial charge in [0.15, 0.2) is 0 Å². The summed E-state index contributed by atoms with van der Waals surface area (Å²) in [5, 5.41) is 1.76. The van der Waals surface area contributed by atoms with Crippen LogP contribution in [0.15, 0.2) is 54.6 Å². The van der Waals surface area contributed by atoms with Crippen molar-refractivity contribution in [2.24, 2.45) is 5.73 Å². The minimum Gasteiger partial charge on any atom is -0.366 e. The zero-order valence-corrected chi connectivity index (χ0v) is 13.5. The van der Waals surface area contributed by atoms with Gasteiger partial charge in [-0.2, -0.15) is 13.2 Å². The Bertz CT molecular complexity index is 944. The molecule has 128 valence electrons.